The SMILES string of the molecule is CC(O)OP(=O)(OC(C)O)C(C)C(=O)N(C(C)O)C(C)O. The summed E-state index contributed by atoms with van der Waals surface area (Å²) in [4.78, 5) is 12.9. The van der Waals surface area contributed by atoms with Gasteiger partial charge < -0.3 is 20.4 Å². The molecule has 0 aliphatic rings. The maximum absolute atomic E-state index is 12.5. The van der Waals surface area contributed by atoms with Gasteiger partial charge in [0.15, 0.2) is 12.6 Å². The number of hydrogen-bond donors (Lipinski definition) is 4. The first-order chi connectivity index (χ1) is 9.42. The lowest BCUT2D eigenvalue weighted by Gasteiger charge is -2.33. The molecule has 21 heavy (non-hydrogen) atoms. The van der Waals surface area contributed by atoms with Gasteiger partial charge in [0.25, 0.3) is 0 Å². The van der Waals surface area contributed by atoms with Gasteiger partial charge in [0.05, 0.1) is 0 Å². The van der Waals surface area contributed by atoms with Crippen LogP contribution in [0.1, 0.15) is 34.6 Å². The third-order valence-corrected chi connectivity index (χ3v) is 4.86. The van der Waals surface area contributed by atoms with Crippen molar-refractivity contribution in [1.82, 2.24) is 4.90 Å². The molecule has 0 aliphatic heterocycles. The molecule has 0 heterocycles. The highest BCUT2D eigenvalue weighted by Gasteiger charge is 2.43. The van der Waals surface area contributed by atoms with Gasteiger partial charge in [0.2, 0.25) is 5.91 Å². The molecule has 0 spiro atoms. The number of carbonyl (C=O) groups excluding carboxylic acids is 1. The van der Waals surface area contributed by atoms with Gasteiger partial charge in [-0.05, 0) is 34.6 Å². The zero-order valence-electron chi connectivity index (χ0n) is 12.7. The van der Waals surface area contributed by atoms with Crippen molar-refractivity contribution in [1.29, 1.82) is 0 Å². The lowest BCUT2D eigenvalue weighted by molar-refractivity contribution is -0.156. The molecule has 0 aromatic heterocycles. The Kier molecular flexibility index (Phi) is 7.98. The Bertz CT molecular complexity index is 362. The molecular formula is C11H24NO8P. The summed E-state index contributed by atoms with van der Waals surface area (Å²) in [7, 11) is -4.23. The van der Waals surface area contributed by atoms with Gasteiger partial charge in [-0.1, -0.05) is 0 Å². The first-order valence-corrected chi connectivity index (χ1v) is 8.04. The van der Waals surface area contributed by atoms with E-state index in [1.165, 1.54) is 20.8 Å². The number of amides is 1. The number of nitrogens with zero attached hydrogens (tertiary/aromatic N) is 1. The maximum Gasteiger partial charge on any atom is 0.347 e. The van der Waals surface area contributed by atoms with Gasteiger partial charge in [0, 0.05) is 0 Å². The van der Waals surface area contributed by atoms with E-state index in [4.69, 9.17) is 9.05 Å². The van der Waals surface area contributed by atoms with Crippen molar-refractivity contribution in [2.75, 3.05) is 0 Å². The Hall–Kier alpha value is -0.540. The minimum absolute atomic E-state index is 0.675. The normalized spacial score (nSPS) is 21.8. The van der Waals surface area contributed by atoms with E-state index in [1.807, 2.05) is 0 Å². The Balaban J connectivity index is 5.41. The molecule has 5 unspecified atom stereocenters. The summed E-state index contributed by atoms with van der Waals surface area (Å²) in [6, 6.07) is 0. The summed E-state index contributed by atoms with van der Waals surface area (Å²) in [6.07, 6.45) is -5.69. The molecule has 1 amide bonds. The van der Waals surface area contributed by atoms with Crippen LogP contribution in [0.3, 0.4) is 0 Å². The average molecular weight is 329 g/mol. The van der Waals surface area contributed by atoms with Crippen LogP contribution in [0.2, 0.25) is 0 Å². The van der Waals surface area contributed by atoms with Gasteiger partial charge in [-0.15, -0.1) is 0 Å². The highest BCUT2D eigenvalue weighted by atomic mass is 31.2. The zero-order valence-corrected chi connectivity index (χ0v) is 13.6. The summed E-state index contributed by atoms with van der Waals surface area (Å²) in [5, 5.41) is 37.4. The fraction of sp³-hybridized carbons (Fsp3) is 0.909. The van der Waals surface area contributed by atoms with Gasteiger partial charge in [0.1, 0.15) is 18.1 Å². The van der Waals surface area contributed by atoms with Gasteiger partial charge in [-0.2, -0.15) is 0 Å². The van der Waals surface area contributed by atoms with Crippen LogP contribution in [0.5, 0.6) is 0 Å². The number of rotatable bonds is 8. The van der Waals surface area contributed by atoms with E-state index < -0.39 is 44.2 Å². The summed E-state index contributed by atoms with van der Waals surface area (Å²) < 4.78 is 22.1. The second-order valence-electron chi connectivity index (χ2n) is 4.63. The molecule has 126 valence electrons. The molecule has 0 aromatic carbocycles. The smallest absolute Gasteiger partial charge is 0.347 e. The second kappa shape index (κ2) is 8.19. The summed E-state index contributed by atoms with van der Waals surface area (Å²) in [5.74, 6) is -0.912. The summed E-state index contributed by atoms with van der Waals surface area (Å²) in [5.41, 5.74) is -1.45. The van der Waals surface area contributed by atoms with E-state index in [0.717, 1.165) is 13.8 Å². The predicted octanol–water partition coefficient (Wildman–Crippen LogP) is -0.217. The van der Waals surface area contributed by atoms with Crippen molar-refractivity contribution in [3.8, 4) is 0 Å². The molecule has 0 rings (SSSR count). The van der Waals surface area contributed by atoms with Crippen molar-refractivity contribution in [3.05, 3.63) is 0 Å². The molecule has 9 nitrogen and oxygen atoms in total. The Morgan fingerprint density at radius 3 is 1.48 bits per heavy atom. The lowest BCUT2D eigenvalue weighted by atomic mass is 10.3. The van der Waals surface area contributed by atoms with Crippen LogP contribution in [0, 0.1) is 0 Å². The molecule has 5 atom stereocenters. The van der Waals surface area contributed by atoms with Crippen molar-refractivity contribution in [3.63, 3.8) is 0 Å². The third-order valence-electron chi connectivity index (χ3n) is 2.49. The number of aliphatic hydroxyl groups excluding tert-OH is 4. The molecule has 0 saturated carbocycles. The van der Waals surface area contributed by atoms with E-state index in [0.29, 0.717) is 4.90 Å². The topological polar surface area (TPSA) is 137 Å². The number of carbonyl (C=O) groups is 1. The Morgan fingerprint density at radius 2 is 1.24 bits per heavy atom. The molecule has 0 aromatic rings. The minimum Gasteiger partial charge on any atom is -0.374 e. The average Bonchev–Trinajstić information content (AvgIpc) is 2.24. The van der Waals surface area contributed by atoms with Crippen molar-refractivity contribution < 1.29 is 38.8 Å². The molecule has 0 fully saturated rings. The van der Waals surface area contributed by atoms with Crippen LogP contribution in [0.25, 0.3) is 0 Å². The lowest BCUT2D eigenvalue weighted by Crippen LogP contribution is -2.48. The fourth-order valence-corrected chi connectivity index (χ4v) is 3.33. The molecule has 4 N–H and O–H groups in total. The summed E-state index contributed by atoms with van der Waals surface area (Å²) >= 11 is 0. The Labute approximate surface area is 123 Å². The van der Waals surface area contributed by atoms with Crippen LogP contribution in [-0.2, 0) is 18.4 Å². The van der Waals surface area contributed by atoms with E-state index in [2.05, 4.69) is 0 Å². The van der Waals surface area contributed by atoms with Crippen molar-refractivity contribution in [2.45, 2.75) is 65.3 Å². The van der Waals surface area contributed by atoms with Crippen LogP contribution in [0.15, 0.2) is 0 Å². The molecule has 0 aliphatic carbocycles. The molecule has 0 saturated heterocycles. The van der Waals surface area contributed by atoms with Crippen LogP contribution < -0.4 is 0 Å². The zero-order chi connectivity index (χ0) is 17.0. The van der Waals surface area contributed by atoms with E-state index in [1.54, 1.807) is 0 Å². The highest BCUT2D eigenvalue weighted by Crippen LogP contribution is 2.55. The highest BCUT2D eigenvalue weighted by molar-refractivity contribution is 7.55. The first kappa shape index (κ1) is 20.5. The molecular weight excluding hydrogens is 305 g/mol. The van der Waals surface area contributed by atoms with Crippen LogP contribution in [-0.4, -0.2) is 61.9 Å². The van der Waals surface area contributed by atoms with Crippen LogP contribution in [0.4, 0.5) is 0 Å². The summed E-state index contributed by atoms with van der Waals surface area (Å²) in [6.45, 7) is 6.00. The molecule has 0 bridgehead atoms. The predicted molar refractivity (Wildman–Crippen MR) is 72.8 cm³/mol. The standard InChI is InChI=1S/C11H24NO8P/c1-6(11(17)12(7(2)13)8(3)14)21(18,19-9(4)15)20-10(5)16/h6-10,13-16H,1-5H3. The van der Waals surface area contributed by atoms with E-state index >= 15 is 0 Å². The minimum atomic E-state index is -4.23. The van der Waals surface area contributed by atoms with Crippen molar-refractivity contribution in [2.24, 2.45) is 0 Å². The third kappa shape index (κ3) is 5.99. The van der Waals surface area contributed by atoms with Crippen LogP contribution >= 0.6 is 7.60 Å². The number of aliphatic hydroxyl groups is 4. The largest absolute Gasteiger partial charge is 0.374 e. The number of hydrogen-bond acceptors (Lipinski definition) is 8. The van der Waals surface area contributed by atoms with Gasteiger partial charge in [-0.25, -0.2) is 0 Å². The first-order valence-electron chi connectivity index (χ1n) is 6.43. The fourth-order valence-electron chi connectivity index (χ4n) is 1.66. The second-order valence-corrected chi connectivity index (χ2v) is 6.91. The monoisotopic (exact) mass is 329 g/mol. The van der Waals surface area contributed by atoms with E-state index in [-0.39, 0.29) is 0 Å². The Morgan fingerprint density at radius 1 is 0.905 bits per heavy atom. The van der Waals surface area contributed by atoms with Crippen molar-refractivity contribution >= 4 is 13.5 Å². The maximum atomic E-state index is 12.5. The van der Waals surface area contributed by atoms with E-state index in [9.17, 15) is 29.8 Å². The quantitative estimate of drug-likeness (QED) is 0.354. The van der Waals surface area contributed by atoms with Gasteiger partial charge >= 0.3 is 7.60 Å². The van der Waals surface area contributed by atoms with Gasteiger partial charge in [-0.3, -0.25) is 23.3 Å². The molecule has 0 radical (unpaired) electrons. The molecule has 10 heteroatoms.